The molecule has 2 heterocycles. The molecular weight excluding hydrogens is 414 g/mol. The second-order valence-corrected chi connectivity index (χ2v) is 9.11. The maximum atomic E-state index is 14.0. The number of rotatable bonds is 5. The number of ether oxygens (including phenoxy) is 2. The third kappa shape index (κ3) is 4.20. The van der Waals surface area contributed by atoms with Crippen LogP contribution in [0.4, 0.5) is 13.6 Å². The van der Waals surface area contributed by atoms with Gasteiger partial charge in [-0.15, -0.1) is 0 Å². The lowest BCUT2D eigenvalue weighted by Gasteiger charge is -2.33. The van der Waals surface area contributed by atoms with Gasteiger partial charge >= 0.3 is 6.09 Å². The summed E-state index contributed by atoms with van der Waals surface area (Å²) >= 11 is 0. The first kappa shape index (κ1) is 20.9. The van der Waals surface area contributed by atoms with Crippen molar-refractivity contribution in [1.82, 2.24) is 10.3 Å². The fourth-order valence-electron chi connectivity index (χ4n) is 5.53. The molecule has 7 heteroatoms. The van der Waals surface area contributed by atoms with Crippen molar-refractivity contribution in [2.45, 2.75) is 43.8 Å². The molecule has 2 saturated carbocycles. The normalized spacial score (nSPS) is 30.8. The summed E-state index contributed by atoms with van der Waals surface area (Å²) in [5.74, 6) is -2.14. The highest BCUT2D eigenvalue weighted by Gasteiger charge is 2.60. The molecule has 2 aromatic rings. The van der Waals surface area contributed by atoms with Gasteiger partial charge in [0, 0.05) is 18.8 Å². The Labute approximate surface area is 185 Å². The van der Waals surface area contributed by atoms with Gasteiger partial charge in [0.25, 0.3) is 0 Å². The number of hydrogen-bond acceptors (Lipinski definition) is 4. The van der Waals surface area contributed by atoms with E-state index in [4.69, 9.17) is 9.47 Å². The van der Waals surface area contributed by atoms with E-state index in [0.29, 0.717) is 31.7 Å². The number of alkyl halides is 2. The summed E-state index contributed by atoms with van der Waals surface area (Å²) in [6.45, 7) is 0.827. The average Bonchev–Trinajstić information content (AvgIpc) is 3.29. The van der Waals surface area contributed by atoms with E-state index in [2.05, 4.69) is 10.3 Å². The summed E-state index contributed by atoms with van der Waals surface area (Å²) in [7, 11) is 0. The van der Waals surface area contributed by atoms with Crippen molar-refractivity contribution in [3.8, 4) is 5.75 Å². The monoisotopic (exact) mass is 440 g/mol. The van der Waals surface area contributed by atoms with Crippen molar-refractivity contribution >= 4 is 12.2 Å². The maximum absolute atomic E-state index is 14.0. The number of hydrogen-bond donors (Lipinski definition) is 1. The number of nitrogens with zero attached hydrogens (tertiary/aromatic N) is 1. The number of nitrogens with one attached hydrogen (secondary N) is 1. The molecule has 1 aromatic heterocycles. The lowest BCUT2D eigenvalue weighted by molar-refractivity contribution is -0.0659. The minimum Gasteiger partial charge on any atom is -0.487 e. The second-order valence-electron chi connectivity index (χ2n) is 9.11. The van der Waals surface area contributed by atoms with Crippen LogP contribution in [0.3, 0.4) is 0 Å². The SMILES string of the molecule is O=C1NCC2(C[C@@H]3CC(F)(F)CC[C@H]3[C@@H]2C=Cc2ccc(OCc3ccccc3)cn2)O1. The molecule has 1 amide bonds. The van der Waals surface area contributed by atoms with E-state index in [9.17, 15) is 13.6 Å². The number of fused-ring (bicyclic) bond motifs is 1. The average molecular weight is 440 g/mol. The van der Waals surface area contributed by atoms with Gasteiger partial charge < -0.3 is 14.8 Å². The summed E-state index contributed by atoms with van der Waals surface area (Å²) in [5, 5.41) is 2.73. The molecule has 3 fully saturated rings. The molecule has 1 unspecified atom stereocenters. The predicted octanol–water partition coefficient (Wildman–Crippen LogP) is 5.22. The van der Waals surface area contributed by atoms with Crippen LogP contribution >= 0.6 is 0 Å². The highest BCUT2D eigenvalue weighted by atomic mass is 19.3. The number of aromatic nitrogens is 1. The van der Waals surface area contributed by atoms with Gasteiger partial charge in [-0.2, -0.15) is 0 Å². The quantitative estimate of drug-likeness (QED) is 0.692. The molecule has 168 valence electrons. The minimum absolute atomic E-state index is 0.0760. The molecule has 2 aliphatic carbocycles. The molecular formula is C25H26F2N2O3. The largest absolute Gasteiger partial charge is 0.487 e. The zero-order chi connectivity index (χ0) is 22.2. The van der Waals surface area contributed by atoms with Gasteiger partial charge in [0.15, 0.2) is 0 Å². The summed E-state index contributed by atoms with van der Waals surface area (Å²) in [6.07, 6.45) is 5.78. The second kappa shape index (κ2) is 8.19. The van der Waals surface area contributed by atoms with E-state index in [1.54, 1.807) is 6.20 Å². The molecule has 0 radical (unpaired) electrons. The standard InChI is InChI=1S/C25H26F2N2O3/c26-25(27)11-10-21-18(13-25)12-24(16-29-23(30)32-24)22(21)9-7-19-6-8-20(14-28-19)31-15-17-4-2-1-3-5-17/h1-9,14,18,21-22H,10-13,15-16H2,(H,29,30)/t18-,21-,22+,24?/m1/s1. The Hall–Kier alpha value is -2.96. The Kier molecular flexibility index (Phi) is 5.35. The Morgan fingerprint density at radius 2 is 2.03 bits per heavy atom. The van der Waals surface area contributed by atoms with Crippen molar-refractivity contribution in [2.75, 3.05) is 6.54 Å². The van der Waals surface area contributed by atoms with Crippen LogP contribution in [-0.4, -0.2) is 29.1 Å². The molecule has 1 N–H and O–H groups in total. The number of amides is 1. The van der Waals surface area contributed by atoms with Gasteiger partial charge in [0.2, 0.25) is 5.92 Å². The molecule has 1 spiro atoms. The highest BCUT2D eigenvalue weighted by molar-refractivity contribution is 5.70. The van der Waals surface area contributed by atoms with E-state index >= 15 is 0 Å². The summed E-state index contributed by atoms with van der Waals surface area (Å²) in [4.78, 5) is 16.3. The summed E-state index contributed by atoms with van der Waals surface area (Å²) in [5.41, 5.74) is 1.08. The van der Waals surface area contributed by atoms with Crippen LogP contribution in [0.25, 0.3) is 6.08 Å². The summed E-state index contributed by atoms with van der Waals surface area (Å²) in [6, 6.07) is 13.6. The van der Waals surface area contributed by atoms with Gasteiger partial charge in [-0.1, -0.05) is 36.4 Å². The molecule has 5 nitrogen and oxygen atoms in total. The lowest BCUT2D eigenvalue weighted by Crippen LogP contribution is -2.38. The molecule has 4 atom stereocenters. The van der Waals surface area contributed by atoms with E-state index in [-0.39, 0.29) is 30.6 Å². The van der Waals surface area contributed by atoms with E-state index < -0.39 is 17.6 Å². The minimum atomic E-state index is -2.63. The third-order valence-corrected chi connectivity index (χ3v) is 7.00. The molecule has 32 heavy (non-hydrogen) atoms. The maximum Gasteiger partial charge on any atom is 0.407 e. The first-order valence-corrected chi connectivity index (χ1v) is 11.1. The van der Waals surface area contributed by atoms with Gasteiger partial charge in [0.05, 0.1) is 18.4 Å². The van der Waals surface area contributed by atoms with Crippen LogP contribution in [0.2, 0.25) is 0 Å². The summed E-state index contributed by atoms with van der Waals surface area (Å²) < 4.78 is 39.5. The van der Waals surface area contributed by atoms with Crippen molar-refractivity contribution < 1.29 is 23.0 Å². The van der Waals surface area contributed by atoms with Gasteiger partial charge in [-0.05, 0) is 48.4 Å². The smallest absolute Gasteiger partial charge is 0.407 e. The highest BCUT2D eigenvalue weighted by Crippen LogP contribution is 2.56. The van der Waals surface area contributed by atoms with Crippen molar-refractivity contribution in [1.29, 1.82) is 0 Å². The van der Waals surface area contributed by atoms with Crippen LogP contribution < -0.4 is 10.1 Å². The van der Waals surface area contributed by atoms with Crippen LogP contribution in [0.15, 0.2) is 54.7 Å². The Bertz CT molecular complexity index is 996. The zero-order valence-corrected chi connectivity index (χ0v) is 17.7. The number of carbonyl (C=O) groups excluding carboxylic acids is 1. The van der Waals surface area contributed by atoms with Crippen molar-refractivity contribution in [2.24, 2.45) is 17.8 Å². The fourth-order valence-corrected chi connectivity index (χ4v) is 5.53. The van der Waals surface area contributed by atoms with Gasteiger partial charge in [0.1, 0.15) is 18.0 Å². The topological polar surface area (TPSA) is 60.5 Å². The first-order valence-electron chi connectivity index (χ1n) is 11.1. The lowest BCUT2D eigenvalue weighted by atomic mass is 9.75. The molecule has 1 aromatic carbocycles. The van der Waals surface area contributed by atoms with Gasteiger partial charge in [-0.3, -0.25) is 4.98 Å². The third-order valence-electron chi connectivity index (χ3n) is 7.00. The van der Waals surface area contributed by atoms with Crippen molar-refractivity contribution in [3.63, 3.8) is 0 Å². The van der Waals surface area contributed by atoms with Crippen LogP contribution in [-0.2, 0) is 11.3 Å². The Balaban J connectivity index is 1.29. The van der Waals surface area contributed by atoms with Crippen LogP contribution in [0, 0.1) is 17.8 Å². The number of carbonyl (C=O) groups is 1. The van der Waals surface area contributed by atoms with Gasteiger partial charge in [-0.25, -0.2) is 13.6 Å². The van der Waals surface area contributed by atoms with Crippen LogP contribution in [0.5, 0.6) is 5.75 Å². The van der Waals surface area contributed by atoms with E-state index in [1.165, 1.54) is 0 Å². The zero-order valence-electron chi connectivity index (χ0n) is 17.7. The first-order chi connectivity index (χ1) is 15.4. The number of pyridine rings is 1. The van der Waals surface area contributed by atoms with E-state index in [1.807, 2.05) is 54.6 Å². The number of benzene rings is 1. The fraction of sp³-hybridized carbons (Fsp3) is 0.440. The Morgan fingerprint density at radius 3 is 2.75 bits per heavy atom. The molecule has 3 aliphatic rings. The molecule has 1 aliphatic heterocycles. The van der Waals surface area contributed by atoms with E-state index in [0.717, 1.165) is 11.3 Å². The molecule has 0 bridgehead atoms. The molecule has 5 rings (SSSR count). The van der Waals surface area contributed by atoms with Crippen molar-refractivity contribution in [3.05, 3.63) is 66.0 Å². The predicted molar refractivity (Wildman–Crippen MR) is 115 cm³/mol. The molecule has 1 saturated heterocycles. The number of alkyl carbamates (subject to hydrolysis) is 1. The number of halogens is 2. The van der Waals surface area contributed by atoms with Crippen LogP contribution in [0.1, 0.15) is 36.9 Å². The Morgan fingerprint density at radius 1 is 1.19 bits per heavy atom.